The second kappa shape index (κ2) is 4.42. The fourth-order valence-corrected chi connectivity index (χ4v) is 6.43. The van der Waals surface area contributed by atoms with Gasteiger partial charge in [-0.25, -0.2) is 0 Å². The van der Waals surface area contributed by atoms with E-state index in [1.165, 1.54) is 19.3 Å². The summed E-state index contributed by atoms with van der Waals surface area (Å²) in [6.45, 7) is 2.25. The maximum Gasteiger partial charge on any atom is 0.139 e. The Hall–Kier alpha value is -0.660. The summed E-state index contributed by atoms with van der Waals surface area (Å²) >= 11 is 0. The van der Waals surface area contributed by atoms with Crippen molar-refractivity contribution in [3.05, 3.63) is 0 Å². The minimum Gasteiger partial charge on any atom is -0.300 e. The molecule has 4 saturated carbocycles. The van der Waals surface area contributed by atoms with Gasteiger partial charge in [0.1, 0.15) is 11.6 Å². The fraction of sp³-hybridized carbons (Fsp3) is 0.889. The third kappa shape index (κ3) is 1.69. The largest absolute Gasteiger partial charge is 0.300 e. The monoisotopic (exact) mass is 274 g/mol. The lowest BCUT2D eigenvalue weighted by Crippen LogP contribution is -2.48. The lowest BCUT2D eigenvalue weighted by atomic mass is 9.50. The van der Waals surface area contributed by atoms with E-state index in [-0.39, 0.29) is 5.41 Å². The van der Waals surface area contributed by atoms with Gasteiger partial charge in [-0.2, -0.15) is 0 Å². The summed E-state index contributed by atoms with van der Waals surface area (Å²) in [7, 11) is 0. The molecule has 20 heavy (non-hydrogen) atoms. The standard InChI is InChI=1S/C18H26O2/c1-18-9-8-14-13-5-3-12(19)10-11(13)2-4-15(14)16(18)6-7-17(18)20/h11,13-16H,2-10H2,1H3/t11?,13-,14+,15+,16-,18-/m0/s1. The minimum atomic E-state index is 0.0124. The molecule has 4 aliphatic carbocycles. The highest BCUT2D eigenvalue weighted by Crippen LogP contribution is 2.61. The van der Waals surface area contributed by atoms with E-state index >= 15 is 0 Å². The van der Waals surface area contributed by atoms with Crippen molar-refractivity contribution in [1.82, 2.24) is 0 Å². The van der Waals surface area contributed by atoms with E-state index in [1.54, 1.807) is 0 Å². The van der Waals surface area contributed by atoms with Crippen molar-refractivity contribution in [3.63, 3.8) is 0 Å². The SMILES string of the molecule is C[C@]12CC[C@H]3[C@@H](CCC4CC(=O)CC[C@@H]43)[C@@H]1CCC2=O. The van der Waals surface area contributed by atoms with Crippen molar-refractivity contribution in [2.75, 3.05) is 0 Å². The smallest absolute Gasteiger partial charge is 0.139 e. The van der Waals surface area contributed by atoms with Gasteiger partial charge < -0.3 is 0 Å². The van der Waals surface area contributed by atoms with Crippen molar-refractivity contribution in [2.24, 2.45) is 35.0 Å². The van der Waals surface area contributed by atoms with Crippen LogP contribution in [0.5, 0.6) is 0 Å². The summed E-state index contributed by atoms with van der Waals surface area (Å²) in [5.74, 6) is 4.79. The van der Waals surface area contributed by atoms with Crippen LogP contribution >= 0.6 is 0 Å². The number of carbonyl (C=O) groups is 2. The Morgan fingerprint density at radius 2 is 1.75 bits per heavy atom. The molecule has 4 aliphatic rings. The molecule has 4 fully saturated rings. The Balaban J connectivity index is 1.59. The quantitative estimate of drug-likeness (QED) is 0.673. The summed E-state index contributed by atoms with van der Waals surface area (Å²) in [5, 5.41) is 0. The van der Waals surface area contributed by atoms with E-state index in [0.29, 0.717) is 23.4 Å². The van der Waals surface area contributed by atoms with Crippen LogP contribution in [0.25, 0.3) is 0 Å². The molecule has 0 heterocycles. The maximum absolute atomic E-state index is 12.3. The number of ketones is 2. The third-order valence-electron chi connectivity index (χ3n) is 7.47. The Morgan fingerprint density at radius 1 is 0.900 bits per heavy atom. The number of carbonyl (C=O) groups excluding carboxylic acids is 2. The first kappa shape index (κ1) is 13.0. The van der Waals surface area contributed by atoms with Gasteiger partial charge >= 0.3 is 0 Å². The second-order valence-electron chi connectivity index (χ2n) is 8.13. The van der Waals surface area contributed by atoms with E-state index < -0.39 is 0 Å². The first-order valence-electron chi connectivity index (χ1n) is 8.64. The van der Waals surface area contributed by atoms with Crippen LogP contribution in [0.15, 0.2) is 0 Å². The second-order valence-corrected chi connectivity index (χ2v) is 8.13. The Kier molecular flexibility index (Phi) is 2.88. The van der Waals surface area contributed by atoms with Gasteiger partial charge in [-0.3, -0.25) is 9.59 Å². The molecular weight excluding hydrogens is 248 g/mol. The zero-order valence-electron chi connectivity index (χ0n) is 12.6. The Labute approximate surface area is 121 Å². The number of Topliss-reactive ketones (excluding diaryl/α,β-unsaturated/α-hetero) is 2. The van der Waals surface area contributed by atoms with Gasteiger partial charge in [0.25, 0.3) is 0 Å². The predicted molar refractivity (Wildman–Crippen MR) is 77.1 cm³/mol. The molecule has 1 unspecified atom stereocenters. The van der Waals surface area contributed by atoms with Crippen LogP contribution in [0.4, 0.5) is 0 Å². The lowest BCUT2D eigenvalue weighted by Gasteiger charge is -2.53. The highest BCUT2D eigenvalue weighted by Gasteiger charge is 2.56. The third-order valence-corrected chi connectivity index (χ3v) is 7.47. The summed E-state index contributed by atoms with van der Waals surface area (Å²) in [5.41, 5.74) is 0.0124. The van der Waals surface area contributed by atoms with Crippen LogP contribution in [0.2, 0.25) is 0 Å². The molecule has 0 spiro atoms. The van der Waals surface area contributed by atoms with Crippen LogP contribution in [0, 0.1) is 35.0 Å². The minimum absolute atomic E-state index is 0.0124. The summed E-state index contributed by atoms with van der Waals surface area (Å²) in [6.07, 6.45) is 9.70. The van der Waals surface area contributed by atoms with Gasteiger partial charge in [-0.1, -0.05) is 6.92 Å². The number of hydrogen-bond acceptors (Lipinski definition) is 2. The van der Waals surface area contributed by atoms with Crippen LogP contribution in [0.1, 0.15) is 64.7 Å². The summed E-state index contributed by atoms with van der Waals surface area (Å²) in [4.78, 5) is 24.0. The van der Waals surface area contributed by atoms with Gasteiger partial charge in [0.15, 0.2) is 0 Å². The summed E-state index contributed by atoms with van der Waals surface area (Å²) in [6, 6.07) is 0. The number of fused-ring (bicyclic) bond motifs is 5. The summed E-state index contributed by atoms with van der Waals surface area (Å²) < 4.78 is 0. The predicted octanol–water partition coefficient (Wildman–Crippen LogP) is 3.78. The molecule has 0 amide bonds. The first-order chi connectivity index (χ1) is 9.59. The Bertz CT molecular complexity index is 454. The molecule has 6 atom stereocenters. The molecule has 4 rings (SSSR count). The maximum atomic E-state index is 12.3. The molecule has 110 valence electrons. The van der Waals surface area contributed by atoms with Crippen LogP contribution in [0.3, 0.4) is 0 Å². The van der Waals surface area contributed by atoms with Gasteiger partial charge in [0.2, 0.25) is 0 Å². The average Bonchev–Trinajstić information content (AvgIpc) is 2.74. The molecule has 2 heteroatoms. The first-order valence-corrected chi connectivity index (χ1v) is 8.64. The van der Waals surface area contributed by atoms with Crippen molar-refractivity contribution in [1.29, 1.82) is 0 Å². The molecule has 0 aliphatic heterocycles. The number of hydrogen-bond donors (Lipinski definition) is 0. The molecule has 0 N–H and O–H groups in total. The van der Waals surface area contributed by atoms with Crippen molar-refractivity contribution < 1.29 is 9.59 Å². The lowest BCUT2D eigenvalue weighted by molar-refractivity contribution is -0.134. The highest BCUT2D eigenvalue weighted by molar-refractivity contribution is 5.87. The van der Waals surface area contributed by atoms with Crippen molar-refractivity contribution in [2.45, 2.75) is 64.7 Å². The van der Waals surface area contributed by atoms with Gasteiger partial charge in [-0.15, -0.1) is 0 Å². The molecule has 0 aromatic carbocycles. The van der Waals surface area contributed by atoms with E-state index in [0.717, 1.165) is 56.3 Å². The molecule has 2 nitrogen and oxygen atoms in total. The molecule has 0 saturated heterocycles. The zero-order chi connectivity index (χ0) is 13.9. The van der Waals surface area contributed by atoms with Gasteiger partial charge in [-0.05, 0) is 68.1 Å². The topological polar surface area (TPSA) is 34.1 Å². The average molecular weight is 274 g/mol. The van der Waals surface area contributed by atoms with E-state index in [2.05, 4.69) is 6.92 Å². The van der Waals surface area contributed by atoms with Gasteiger partial charge in [0, 0.05) is 24.7 Å². The molecule has 0 aromatic rings. The van der Waals surface area contributed by atoms with Gasteiger partial charge in [0.05, 0.1) is 0 Å². The van der Waals surface area contributed by atoms with Crippen molar-refractivity contribution in [3.8, 4) is 0 Å². The molecule has 0 radical (unpaired) electrons. The zero-order valence-corrected chi connectivity index (χ0v) is 12.6. The van der Waals surface area contributed by atoms with E-state index in [4.69, 9.17) is 0 Å². The Morgan fingerprint density at radius 3 is 2.60 bits per heavy atom. The van der Waals surface area contributed by atoms with Crippen LogP contribution in [-0.4, -0.2) is 11.6 Å². The normalized spacial score (nSPS) is 51.4. The highest BCUT2D eigenvalue weighted by atomic mass is 16.1. The number of rotatable bonds is 0. The molecular formula is C18H26O2. The van der Waals surface area contributed by atoms with Crippen molar-refractivity contribution >= 4 is 11.6 Å². The van der Waals surface area contributed by atoms with E-state index in [9.17, 15) is 9.59 Å². The fourth-order valence-electron chi connectivity index (χ4n) is 6.43. The van der Waals surface area contributed by atoms with Crippen LogP contribution in [-0.2, 0) is 9.59 Å². The molecule has 0 aromatic heterocycles. The molecule has 0 bridgehead atoms. The van der Waals surface area contributed by atoms with Crippen LogP contribution < -0.4 is 0 Å². The van der Waals surface area contributed by atoms with E-state index in [1.807, 2.05) is 0 Å².